The lowest BCUT2D eigenvalue weighted by molar-refractivity contribution is -0.666. The Morgan fingerprint density at radius 3 is 2.35 bits per heavy atom. The highest BCUT2D eigenvalue weighted by molar-refractivity contribution is 6.14. The first-order chi connectivity index (χ1) is 15.0. The van der Waals surface area contributed by atoms with Crippen molar-refractivity contribution in [2.75, 3.05) is 0 Å². The molecule has 2 heterocycles. The van der Waals surface area contributed by atoms with Gasteiger partial charge in [-0.1, -0.05) is 42.5 Å². The summed E-state index contributed by atoms with van der Waals surface area (Å²) in [7, 11) is 2.09. The molecule has 5 rings (SSSR count). The smallest absolute Gasteiger partial charge is 0.216 e. The molecule has 0 N–H and O–H groups in total. The molecule has 0 amide bonds. The van der Waals surface area contributed by atoms with Crippen LogP contribution in [0.15, 0.2) is 71.1 Å². The molecule has 0 aliphatic heterocycles. The average molecular weight is 404 g/mol. The number of aromatic nitrogens is 1. The summed E-state index contributed by atoms with van der Waals surface area (Å²) in [6, 6.07) is 22.7. The van der Waals surface area contributed by atoms with Gasteiger partial charge in [-0.05, 0) is 42.7 Å². The SMILES string of the molecule is [C-]#[N+]c1cc(-c2ccccc2)c2oc3c(-c4cc(C)cc(C)[n+]4C)c(C)ccc3c2c1. The Morgan fingerprint density at radius 2 is 1.61 bits per heavy atom. The zero-order valence-electron chi connectivity index (χ0n) is 18.2. The Labute approximate surface area is 182 Å². The maximum Gasteiger partial charge on any atom is 0.216 e. The number of rotatable bonds is 2. The van der Waals surface area contributed by atoms with Crippen molar-refractivity contribution >= 4 is 27.6 Å². The van der Waals surface area contributed by atoms with Gasteiger partial charge < -0.3 is 4.42 Å². The summed E-state index contributed by atoms with van der Waals surface area (Å²) in [5, 5.41) is 2.02. The Morgan fingerprint density at radius 1 is 0.839 bits per heavy atom. The molecule has 150 valence electrons. The number of pyridine rings is 1. The van der Waals surface area contributed by atoms with Gasteiger partial charge in [0.1, 0.15) is 18.2 Å². The van der Waals surface area contributed by atoms with E-state index in [0.717, 1.165) is 44.3 Å². The predicted molar refractivity (Wildman–Crippen MR) is 126 cm³/mol. The summed E-state index contributed by atoms with van der Waals surface area (Å²) < 4.78 is 8.84. The highest BCUT2D eigenvalue weighted by Crippen LogP contribution is 2.42. The van der Waals surface area contributed by atoms with Crippen LogP contribution in [0.2, 0.25) is 0 Å². The first-order valence-corrected chi connectivity index (χ1v) is 10.4. The van der Waals surface area contributed by atoms with Crippen LogP contribution in [0, 0.1) is 27.3 Å². The van der Waals surface area contributed by atoms with Crippen molar-refractivity contribution in [3.05, 3.63) is 95.0 Å². The van der Waals surface area contributed by atoms with E-state index in [0.29, 0.717) is 5.69 Å². The monoisotopic (exact) mass is 403 g/mol. The second-order valence-corrected chi connectivity index (χ2v) is 8.20. The molecule has 0 aliphatic rings. The third kappa shape index (κ3) is 3.00. The summed E-state index contributed by atoms with van der Waals surface area (Å²) in [4.78, 5) is 3.73. The number of hydrogen-bond acceptors (Lipinski definition) is 1. The van der Waals surface area contributed by atoms with Crippen molar-refractivity contribution in [3.63, 3.8) is 0 Å². The van der Waals surface area contributed by atoms with Crippen LogP contribution in [0.5, 0.6) is 0 Å². The summed E-state index contributed by atoms with van der Waals surface area (Å²) >= 11 is 0. The van der Waals surface area contributed by atoms with Gasteiger partial charge in [0.2, 0.25) is 5.69 Å². The third-order valence-electron chi connectivity index (χ3n) is 6.10. The van der Waals surface area contributed by atoms with E-state index in [1.165, 1.54) is 16.8 Å². The van der Waals surface area contributed by atoms with E-state index in [-0.39, 0.29) is 0 Å². The van der Waals surface area contributed by atoms with Crippen molar-refractivity contribution in [2.24, 2.45) is 7.05 Å². The molecule has 0 saturated heterocycles. The summed E-state index contributed by atoms with van der Waals surface area (Å²) in [5.41, 5.74) is 10.1. The van der Waals surface area contributed by atoms with Crippen LogP contribution in [0.1, 0.15) is 16.8 Å². The van der Waals surface area contributed by atoms with E-state index in [1.807, 2.05) is 30.3 Å². The molecule has 31 heavy (non-hydrogen) atoms. The van der Waals surface area contributed by atoms with E-state index < -0.39 is 0 Å². The molecule has 5 aromatic rings. The van der Waals surface area contributed by atoms with Gasteiger partial charge in [-0.3, -0.25) is 0 Å². The minimum Gasteiger partial charge on any atom is -0.455 e. The van der Waals surface area contributed by atoms with Crippen LogP contribution in [0.3, 0.4) is 0 Å². The normalized spacial score (nSPS) is 11.2. The number of nitrogens with zero attached hydrogens (tertiary/aromatic N) is 2. The van der Waals surface area contributed by atoms with Gasteiger partial charge in [0.25, 0.3) is 0 Å². The molecule has 0 aliphatic carbocycles. The Bertz CT molecular complexity index is 1520. The van der Waals surface area contributed by atoms with E-state index in [1.54, 1.807) is 0 Å². The lowest BCUT2D eigenvalue weighted by Crippen LogP contribution is -2.35. The van der Waals surface area contributed by atoms with Crippen LogP contribution >= 0.6 is 0 Å². The lowest BCUT2D eigenvalue weighted by Gasteiger charge is -2.08. The molecule has 0 spiro atoms. The molecular weight excluding hydrogens is 380 g/mol. The fourth-order valence-electron chi connectivity index (χ4n) is 4.45. The average Bonchev–Trinajstić information content (AvgIpc) is 3.14. The largest absolute Gasteiger partial charge is 0.455 e. The number of benzene rings is 3. The molecule has 2 aromatic heterocycles. The minimum absolute atomic E-state index is 0.619. The highest BCUT2D eigenvalue weighted by Gasteiger charge is 2.23. The van der Waals surface area contributed by atoms with Gasteiger partial charge in [-0.15, -0.1) is 0 Å². The van der Waals surface area contributed by atoms with E-state index in [4.69, 9.17) is 11.0 Å². The molecular formula is C28H23N2O+. The predicted octanol–water partition coefficient (Wildman–Crippen LogP) is 7.22. The Balaban J connectivity index is 1.93. The van der Waals surface area contributed by atoms with Crippen molar-refractivity contribution < 1.29 is 8.98 Å². The second-order valence-electron chi connectivity index (χ2n) is 8.20. The Hall–Kier alpha value is -3.90. The molecule has 0 fully saturated rings. The molecule has 0 bridgehead atoms. The molecule has 3 aromatic carbocycles. The lowest BCUT2D eigenvalue weighted by atomic mass is 9.98. The standard InChI is InChI=1S/C28H23N2O/c1-17-13-19(3)30(5)25(14-17)26-18(2)11-12-22-24-16-21(29-4)15-23(27(24)31-28(22)26)20-9-7-6-8-10-20/h6-16H,1-3,5H3/q+1. The summed E-state index contributed by atoms with van der Waals surface area (Å²) in [6.07, 6.45) is 0. The summed E-state index contributed by atoms with van der Waals surface area (Å²) in [6.45, 7) is 14.0. The van der Waals surface area contributed by atoms with E-state index in [2.05, 4.69) is 73.6 Å². The van der Waals surface area contributed by atoms with Gasteiger partial charge in [-0.25, -0.2) is 4.85 Å². The van der Waals surface area contributed by atoms with E-state index >= 15 is 0 Å². The first kappa shape index (κ1) is 19.1. The zero-order valence-corrected chi connectivity index (χ0v) is 18.2. The molecule has 3 nitrogen and oxygen atoms in total. The summed E-state index contributed by atoms with van der Waals surface area (Å²) in [5.74, 6) is 0. The van der Waals surface area contributed by atoms with Crippen LogP contribution in [0.4, 0.5) is 5.69 Å². The molecule has 0 saturated carbocycles. The maximum atomic E-state index is 7.62. The van der Waals surface area contributed by atoms with Crippen molar-refractivity contribution in [3.8, 4) is 22.4 Å². The van der Waals surface area contributed by atoms with Gasteiger partial charge in [0, 0.05) is 35.4 Å². The molecule has 0 radical (unpaired) electrons. The number of hydrogen-bond donors (Lipinski definition) is 0. The fourth-order valence-corrected chi connectivity index (χ4v) is 4.45. The number of fused-ring (bicyclic) bond motifs is 3. The van der Waals surface area contributed by atoms with Crippen molar-refractivity contribution in [1.29, 1.82) is 0 Å². The zero-order chi connectivity index (χ0) is 21.7. The highest BCUT2D eigenvalue weighted by atomic mass is 16.3. The van der Waals surface area contributed by atoms with Crippen LogP contribution < -0.4 is 4.57 Å². The quantitative estimate of drug-likeness (QED) is 0.225. The number of furan rings is 1. The van der Waals surface area contributed by atoms with Gasteiger partial charge in [0.15, 0.2) is 11.4 Å². The molecule has 3 heteroatoms. The molecule has 0 unspecified atom stereocenters. The third-order valence-corrected chi connectivity index (χ3v) is 6.10. The first-order valence-electron chi connectivity index (χ1n) is 10.4. The van der Waals surface area contributed by atoms with Gasteiger partial charge in [0.05, 0.1) is 12.1 Å². The van der Waals surface area contributed by atoms with Gasteiger partial charge >= 0.3 is 0 Å². The second kappa shape index (κ2) is 7.11. The van der Waals surface area contributed by atoms with Crippen molar-refractivity contribution in [1.82, 2.24) is 0 Å². The topological polar surface area (TPSA) is 21.4 Å². The minimum atomic E-state index is 0.619. The Kier molecular flexibility index (Phi) is 4.38. The number of aryl methyl sites for hydroxylation is 3. The van der Waals surface area contributed by atoms with Crippen molar-refractivity contribution in [2.45, 2.75) is 20.8 Å². The molecule has 0 atom stereocenters. The van der Waals surface area contributed by atoms with Crippen LogP contribution in [-0.4, -0.2) is 0 Å². The van der Waals surface area contributed by atoms with E-state index in [9.17, 15) is 0 Å². The maximum absolute atomic E-state index is 7.62. The van der Waals surface area contributed by atoms with Crippen LogP contribution in [0.25, 0.3) is 49.2 Å². The van der Waals surface area contributed by atoms with Gasteiger partial charge in [-0.2, -0.15) is 4.57 Å². The van der Waals surface area contributed by atoms with Crippen LogP contribution in [-0.2, 0) is 7.05 Å². The fraction of sp³-hybridized carbons (Fsp3) is 0.143.